The molecule has 6 nitrogen and oxygen atoms in total. The second kappa shape index (κ2) is 5.43. The Hall–Kier alpha value is -2.18. The van der Waals surface area contributed by atoms with Crippen molar-refractivity contribution in [1.82, 2.24) is 25.1 Å². The van der Waals surface area contributed by atoms with Crippen molar-refractivity contribution in [1.29, 1.82) is 0 Å². The van der Waals surface area contributed by atoms with Gasteiger partial charge in [-0.1, -0.05) is 0 Å². The maximum Gasteiger partial charge on any atom is 0.112 e. The molecule has 1 spiro atoms. The van der Waals surface area contributed by atoms with E-state index in [0.717, 1.165) is 56.5 Å². The lowest BCUT2D eigenvalue weighted by atomic mass is 9.83. The smallest absolute Gasteiger partial charge is 0.112 e. The number of aromatic nitrogens is 4. The van der Waals surface area contributed by atoms with E-state index in [-0.39, 0.29) is 5.60 Å². The van der Waals surface area contributed by atoms with E-state index in [0.29, 0.717) is 0 Å². The molecule has 0 atom stereocenters. The van der Waals surface area contributed by atoms with Crippen LogP contribution < -0.4 is 0 Å². The number of rotatable bonds is 2. The van der Waals surface area contributed by atoms with E-state index in [1.54, 1.807) is 0 Å². The van der Waals surface area contributed by atoms with Gasteiger partial charge in [0.05, 0.1) is 29.5 Å². The summed E-state index contributed by atoms with van der Waals surface area (Å²) in [4.78, 5) is 10.3. The number of H-pyrrole nitrogens is 2. The molecule has 124 valence electrons. The predicted molar refractivity (Wildman–Crippen MR) is 90.5 cm³/mol. The summed E-state index contributed by atoms with van der Waals surface area (Å²) in [6.07, 6.45) is 8.91. The Morgan fingerprint density at radius 3 is 3.12 bits per heavy atom. The zero-order valence-corrected chi connectivity index (χ0v) is 13.6. The summed E-state index contributed by atoms with van der Waals surface area (Å²) in [6, 6.07) is 4.04. The molecule has 0 amide bonds. The molecule has 0 radical (unpaired) electrons. The number of nitrogens with one attached hydrogen (secondary N) is 2. The van der Waals surface area contributed by atoms with Crippen molar-refractivity contribution in [2.75, 3.05) is 19.7 Å². The van der Waals surface area contributed by atoms with Gasteiger partial charge >= 0.3 is 0 Å². The van der Waals surface area contributed by atoms with Gasteiger partial charge in [0.25, 0.3) is 0 Å². The topological polar surface area (TPSA) is 69.8 Å². The van der Waals surface area contributed by atoms with E-state index >= 15 is 0 Å². The summed E-state index contributed by atoms with van der Waals surface area (Å²) in [5.41, 5.74) is 5.85. The molecule has 5 rings (SSSR count). The van der Waals surface area contributed by atoms with Crippen molar-refractivity contribution in [2.24, 2.45) is 0 Å². The summed E-state index contributed by atoms with van der Waals surface area (Å²) < 4.78 is 6.23. The third kappa shape index (κ3) is 2.17. The first kappa shape index (κ1) is 14.2. The Morgan fingerprint density at radius 1 is 1.29 bits per heavy atom. The Balaban J connectivity index is 1.33. The molecule has 3 aromatic rings. The van der Waals surface area contributed by atoms with E-state index in [9.17, 15) is 0 Å². The molecule has 1 fully saturated rings. The molecule has 0 aromatic carbocycles. The number of likely N-dealkylation sites (tertiary alicyclic amines) is 1. The lowest BCUT2D eigenvalue weighted by molar-refractivity contribution is -0.102. The number of pyridine rings is 1. The molecular weight excluding hydrogens is 302 g/mol. The number of ether oxygens (including phenoxy) is 1. The maximum absolute atomic E-state index is 6.23. The van der Waals surface area contributed by atoms with Gasteiger partial charge in [0.15, 0.2) is 0 Å². The van der Waals surface area contributed by atoms with Gasteiger partial charge in [-0.15, -0.1) is 0 Å². The summed E-state index contributed by atoms with van der Waals surface area (Å²) in [5, 5.41) is 7.43. The Labute approximate surface area is 140 Å². The Morgan fingerprint density at radius 2 is 2.21 bits per heavy atom. The molecule has 5 heterocycles. The highest BCUT2D eigenvalue weighted by molar-refractivity contribution is 5.78. The van der Waals surface area contributed by atoms with Crippen LogP contribution in [-0.2, 0) is 23.3 Å². The summed E-state index contributed by atoms with van der Waals surface area (Å²) in [6.45, 7) is 3.79. The van der Waals surface area contributed by atoms with Gasteiger partial charge in [0.1, 0.15) is 5.60 Å². The third-order valence-corrected chi connectivity index (χ3v) is 5.49. The molecule has 3 aromatic heterocycles. The largest absolute Gasteiger partial charge is 0.368 e. The minimum Gasteiger partial charge on any atom is -0.368 e. The van der Waals surface area contributed by atoms with Gasteiger partial charge in [-0.05, 0) is 37.0 Å². The van der Waals surface area contributed by atoms with E-state index in [2.05, 4.69) is 37.3 Å². The van der Waals surface area contributed by atoms with Crippen molar-refractivity contribution in [2.45, 2.75) is 31.4 Å². The van der Waals surface area contributed by atoms with Crippen molar-refractivity contribution in [3.8, 4) is 0 Å². The molecule has 0 bridgehead atoms. The third-order valence-electron chi connectivity index (χ3n) is 5.49. The minimum absolute atomic E-state index is 0.154. The molecule has 1 saturated heterocycles. The van der Waals surface area contributed by atoms with Gasteiger partial charge < -0.3 is 9.72 Å². The maximum atomic E-state index is 6.23. The Bertz CT molecular complexity index is 859. The summed E-state index contributed by atoms with van der Waals surface area (Å²) in [5.74, 6) is 0. The first-order chi connectivity index (χ1) is 11.8. The number of piperidine rings is 1. The lowest BCUT2D eigenvalue weighted by Crippen LogP contribution is -2.46. The molecule has 0 saturated carbocycles. The van der Waals surface area contributed by atoms with Gasteiger partial charge in [0.2, 0.25) is 0 Å². The number of fused-ring (bicyclic) bond motifs is 3. The second-order valence-corrected chi connectivity index (χ2v) is 6.85. The molecule has 0 aliphatic carbocycles. The average molecular weight is 323 g/mol. The second-order valence-electron chi connectivity index (χ2n) is 6.85. The van der Waals surface area contributed by atoms with E-state index in [4.69, 9.17) is 4.74 Å². The zero-order chi connectivity index (χ0) is 16.0. The highest BCUT2D eigenvalue weighted by atomic mass is 16.5. The van der Waals surface area contributed by atoms with Gasteiger partial charge in [-0.2, -0.15) is 5.10 Å². The van der Waals surface area contributed by atoms with Crippen LogP contribution in [0.4, 0.5) is 0 Å². The first-order valence-corrected chi connectivity index (χ1v) is 8.64. The Kier molecular flexibility index (Phi) is 3.21. The highest BCUT2D eigenvalue weighted by Crippen LogP contribution is 2.40. The normalized spacial score (nSPS) is 20.5. The highest BCUT2D eigenvalue weighted by Gasteiger charge is 2.42. The van der Waals surface area contributed by atoms with E-state index < -0.39 is 0 Å². The van der Waals surface area contributed by atoms with Gasteiger partial charge in [-0.25, -0.2) is 0 Å². The fraction of sp³-hybridized carbons (Fsp3) is 0.444. The van der Waals surface area contributed by atoms with Crippen molar-refractivity contribution >= 4 is 11.0 Å². The summed E-state index contributed by atoms with van der Waals surface area (Å²) in [7, 11) is 0. The predicted octanol–water partition coefficient (Wildman–Crippen LogP) is 2.35. The van der Waals surface area contributed by atoms with Crippen LogP contribution in [0.2, 0.25) is 0 Å². The van der Waals surface area contributed by atoms with Crippen LogP contribution in [0.25, 0.3) is 11.0 Å². The number of hydrogen-bond donors (Lipinski definition) is 2. The molecule has 2 aliphatic rings. The van der Waals surface area contributed by atoms with Crippen molar-refractivity contribution < 1.29 is 4.74 Å². The van der Waals surface area contributed by atoms with Gasteiger partial charge in [-0.3, -0.25) is 15.0 Å². The minimum atomic E-state index is -0.154. The van der Waals surface area contributed by atoms with E-state index in [1.807, 2.05) is 18.5 Å². The van der Waals surface area contributed by atoms with E-state index in [1.165, 1.54) is 16.8 Å². The first-order valence-electron chi connectivity index (χ1n) is 8.64. The average Bonchev–Trinajstić information content (AvgIpc) is 3.26. The van der Waals surface area contributed by atoms with Crippen LogP contribution in [0.5, 0.6) is 0 Å². The van der Waals surface area contributed by atoms with Crippen LogP contribution >= 0.6 is 0 Å². The standard InChI is InChI=1S/C18H21N5O/c1-2-15-16(19-6-1)14(10-20-15)12-23-7-4-18(5-8-23)17-13(3-9-24-18)11-21-22-17/h1-2,6,10-11,20H,3-5,7-9,12H2,(H,21,22). The number of aromatic amines is 2. The molecular formula is C18H21N5O. The lowest BCUT2D eigenvalue weighted by Gasteiger charge is -2.43. The SMILES string of the molecule is c1cnc2c(CN3CCC4(CC3)OCCc3cn[nH]c34)c[nH]c2c1. The van der Waals surface area contributed by atoms with Crippen LogP contribution in [0.15, 0.2) is 30.7 Å². The molecule has 24 heavy (non-hydrogen) atoms. The van der Waals surface area contributed by atoms with Crippen LogP contribution in [0, 0.1) is 0 Å². The molecule has 6 heteroatoms. The molecule has 2 aliphatic heterocycles. The van der Waals surface area contributed by atoms with Crippen LogP contribution in [0.1, 0.15) is 29.7 Å². The number of nitrogens with zero attached hydrogens (tertiary/aromatic N) is 3. The monoisotopic (exact) mass is 323 g/mol. The fourth-order valence-electron chi connectivity index (χ4n) is 4.16. The molecule has 2 N–H and O–H groups in total. The van der Waals surface area contributed by atoms with Crippen molar-refractivity contribution in [3.63, 3.8) is 0 Å². The van der Waals surface area contributed by atoms with Crippen LogP contribution in [-0.4, -0.2) is 44.8 Å². The quantitative estimate of drug-likeness (QED) is 0.759. The summed E-state index contributed by atoms with van der Waals surface area (Å²) >= 11 is 0. The van der Waals surface area contributed by atoms with Crippen molar-refractivity contribution in [3.05, 3.63) is 47.5 Å². The zero-order valence-electron chi connectivity index (χ0n) is 13.6. The van der Waals surface area contributed by atoms with Crippen LogP contribution in [0.3, 0.4) is 0 Å². The number of hydrogen-bond acceptors (Lipinski definition) is 4. The molecule has 0 unspecified atom stereocenters. The fourth-order valence-corrected chi connectivity index (χ4v) is 4.16. The van der Waals surface area contributed by atoms with Gasteiger partial charge in [0, 0.05) is 37.6 Å².